The van der Waals surface area contributed by atoms with E-state index in [4.69, 9.17) is 44.3 Å². The third-order valence-electron chi connectivity index (χ3n) is 4.36. The third-order valence-corrected chi connectivity index (χ3v) is 7.73. The molecule has 0 aliphatic carbocycles. The molecule has 2 heterocycles. The molecule has 0 spiro atoms. The van der Waals surface area contributed by atoms with Crippen LogP contribution in [0.15, 0.2) is 0 Å². The van der Waals surface area contributed by atoms with Crippen LogP contribution in [0.25, 0.3) is 0 Å². The zero-order valence-electron chi connectivity index (χ0n) is 18.4. The molecule has 0 bridgehead atoms. The summed E-state index contributed by atoms with van der Waals surface area (Å²) >= 11 is 6.44. The largest absolute Gasteiger partial charge is 0.463 e. The van der Waals surface area contributed by atoms with Gasteiger partial charge in [0.1, 0.15) is 18.8 Å². The summed E-state index contributed by atoms with van der Waals surface area (Å²) in [5.74, 6) is -1.15. The maximum atomic E-state index is 11.9. The molecule has 0 aromatic rings. The summed E-state index contributed by atoms with van der Waals surface area (Å²) in [6.45, 7) is 4.98. The Morgan fingerprint density at radius 2 is 1.71 bits per heavy atom. The van der Waals surface area contributed by atoms with Crippen molar-refractivity contribution in [3.05, 3.63) is 0 Å². The summed E-state index contributed by atoms with van der Waals surface area (Å²) in [6.07, 6.45) is -3.89. The first-order chi connectivity index (χ1) is 14.4. The van der Waals surface area contributed by atoms with Crippen molar-refractivity contribution < 1.29 is 46.9 Å². The van der Waals surface area contributed by atoms with Gasteiger partial charge in [-0.05, 0) is 11.8 Å². The quantitative estimate of drug-likeness (QED) is 0.377. The highest BCUT2D eigenvalue weighted by Crippen LogP contribution is 2.57. The number of methoxy groups -OCH3 is 1. The van der Waals surface area contributed by atoms with Crippen molar-refractivity contribution in [2.24, 2.45) is 5.41 Å². The molecule has 0 unspecified atom stereocenters. The van der Waals surface area contributed by atoms with Gasteiger partial charge in [0.25, 0.3) is 0 Å². The van der Waals surface area contributed by atoms with Crippen molar-refractivity contribution in [1.29, 1.82) is 0 Å². The van der Waals surface area contributed by atoms with Gasteiger partial charge in [-0.15, -0.1) is 0 Å². The van der Waals surface area contributed by atoms with Gasteiger partial charge in [0.05, 0.1) is 18.5 Å². The van der Waals surface area contributed by atoms with E-state index in [1.807, 2.05) is 13.8 Å². The molecule has 0 aromatic heterocycles. The molecule has 0 saturated carbocycles. The molecule has 10 nitrogen and oxygen atoms in total. The Morgan fingerprint density at radius 3 is 2.19 bits per heavy atom. The lowest BCUT2D eigenvalue weighted by atomic mass is 9.97. The van der Waals surface area contributed by atoms with Gasteiger partial charge < -0.3 is 28.0 Å². The number of hydrogen-bond donors (Lipinski definition) is 0. The fourth-order valence-electron chi connectivity index (χ4n) is 2.97. The number of esters is 2. The van der Waals surface area contributed by atoms with Crippen LogP contribution in [0.2, 0.25) is 0 Å². The van der Waals surface area contributed by atoms with Crippen LogP contribution < -0.4 is 0 Å². The van der Waals surface area contributed by atoms with Gasteiger partial charge in [0, 0.05) is 33.3 Å². The van der Waals surface area contributed by atoms with Crippen LogP contribution in [0, 0.1) is 5.41 Å². The molecule has 0 radical (unpaired) electrons. The van der Waals surface area contributed by atoms with E-state index in [-0.39, 0.29) is 17.1 Å². The van der Waals surface area contributed by atoms with E-state index < -0.39 is 48.5 Å². The van der Waals surface area contributed by atoms with Crippen LogP contribution in [0.3, 0.4) is 0 Å². The second-order valence-electron chi connectivity index (χ2n) is 7.96. The molecule has 13 heteroatoms. The summed E-state index contributed by atoms with van der Waals surface area (Å²) in [5.41, 5.74) is -0.239. The molecule has 5 atom stereocenters. The normalized spacial score (nSPS) is 32.1. The minimum absolute atomic E-state index is 0.220. The van der Waals surface area contributed by atoms with Gasteiger partial charge in [-0.3, -0.25) is 18.9 Å². The monoisotopic (exact) mass is 500 g/mol. The average molecular weight is 501 g/mol. The van der Waals surface area contributed by atoms with Crippen molar-refractivity contribution in [2.75, 3.05) is 26.9 Å². The molecule has 31 heavy (non-hydrogen) atoms. The zero-order chi connectivity index (χ0) is 23.4. The summed E-state index contributed by atoms with van der Waals surface area (Å²) in [5, 5.41) is -0.977. The molecule has 2 aliphatic rings. The van der Waals surface area contributed by atoms with Gasteiger partial charge in [-0.1, -0.05) is 25.6 Å². The molecule has 0 amide bonds. The Kier molecular flexibility index (Phi) is 9.48. The van der Waals surface area contributed by atoms with Crippen molar-refractivity contribution in [1.82, 2.24) is 0 Å². The predicted octanol–water partition coefficient (Wildman–Crippen LogP) is 2.18. The van der Waals surface area contributed by atoms with Gasteiger partial charge >= 0.3 is 18.7 Å². The summed E-state index contributed by atoms with van der Waals surface area (Å²) in [6, 6.07) is 0. The topological polar surface area (TPSA) is 116 Å². The van der Waals surface area contributed by atoms with Crippen LogP contribution in [-0.2, 0) is 58.7 Å². The van der Waals surface area contributed by atoms with E-state index in [2.05, 4.69) is 0 Å². The molecular formula is C18H29O10PS2. The number of carbonyl (C=O) groups is 3. The summed E-state index contributed by atoms with van der Waals surface area (Å²) < 4.78 is 39.5. The van der Waals surface area contributed by atoms with E-state index in [0.717, 1.165) is 11.8 Å². The number of ether oxygens (including phenoxy) is 4. The highest BCUT2D eigenvalue weighted by molar-refractivity contribution is 8.14. The Bertz CT molecular complexity index is 716. The van der Waals surface area contributed by atoms with E-state index in [1.54, 1.807) is 0 Å². The lowest BCUT2D eigenvalue weighted by Gasteiger charge is -2.46. The van der Waals surface area contributed by atoms with Crippen molar-refractivity contribution in [2.45, 2.75) is 64.5 Å². The van der Waals surface area contributed by atoms with E-state index in [0.29, 0.717) is 13.2 Å². The standard InChI is InChI=1S/C18H29O10PS2/c1-10(19)23-7-13-14(26-11(2)20)15(16(31-12(3)21)17(22-6)27-13)28-29(30)24-8-18(4,5)9-25-29/h13-17H,7-9H2,1-6H3/t13-,14-,15-,16+,17+/m1/s1. The Hall–Kier alpha value is -0.590. The number of hydrogen-bond acceptors (Lipinski definition) is 12. The van der Waals surface area contributed by atoms with Gasteiger partial charge in [0.15, 0.2) is 17.5 Å². The first kappa shape index (κ1) is 26.7. The predicted molar refractivity (Wildman–Crippen MR) is 115 cm³/mol. The zero-order valence-corrected chi connectivity index (χ0v) is 20.9. The van der Waals surface area contributed by atoms with Crippen LogP contribution in [0.1, 0.15) is 34.6 Å². The van der Waals surface area contributed by atoms with Gasteiger partial charge in [-0.2, -0.15) is 0 Å². The van der Waals surface area contributed by atoms with Crippen LogP contribution >= 0.6 is 18.5 Å². The van der Waals surface area contributed by atoms with Crippen molar-refractivity contribution in [3.63, 3.8) is 0 Å². The fourth-order valence-corrected chi connectivity index (χ4v) is 6.44. The Balaban J connectivity index is 2.38. The minimum atomic E-state index is -3.23. The van der Waals surface area contributed by atoms with Crippen LogP contribution in [-0.4, -0.2) is 73.8 Å². The lowest BCUT2D eigenvalue weighted by molar-refractivity contribution is -0.250. The van der Waals surface area contributed by atoms with Crippen molar-refractivity contribution >= 4 is 47.3 Å². The molecule has 2 saturated heterocycles. The number of carbonyl (C=O) groups excluding carboxylic acids is 3. The Labute approximate surface area is 191 Å². The number of thioether (sulfide) groups is 1. The van der Waals surface area contributed by atoms with E-state index in [9.17, 15) is 14.4 Å². The second kappa shape index (κ2) is 11.0. The first-order valence-electron chi connectivity index (χ1n) is 9.59. The first-order valence-corrected chi connectivity index (χ1v) is 13.0. The minimum Gasteiger partial charge on any atom is -0.463 e. The maximum absolute atomic E-state index is 11.9. The molecule has 2 fully saturated rings. The second-order valence-corrected chi connectivity index (χ2v) is 12.3. The summed E-state index contributed by atoms with van der Waals surface area (Å²) in [4.78, 5) is 35.1. The lowest BCUT2D eigenvalue weighted by Crippen LogP contribution is -2.60. The van der Waals surface area contributed by atoms with Gasteiger partial charge in [-0.25, -0.2) is 0 Å². The highest BCUT2D eigenvalue weighted by Gasteiger charge is 2.53. The SMILES string of the molecule is CO[C@H]1O[C@H](COC(C)=O)[C@@H](OC(C)=O)[C@@H](OP2(=S)OCC(C)(C)CO2)[C@@H]1SC(C)=O. The average Bonchev–Trinajstić information content (AvgIpc) is 2.65. The molecule has 2 rings (SSSR count). The van der Waals surface area contributed by atoms with Crippen molar-refractivity contribution in [3.8, 4) is 0 Å². The van der Waals surface area contributed by atoms with Crippen LogP contribution in [0.4, 0.5) is 0 Å². The van der Waals surface area contributed by atoms with E-state index >= 15 is 0 Å². The third kappa shape index (κ3) is 7.75. The van der Waals surface area contributed by atoms with Gasteiger partial charge in [0.2, 0.25) is 0 Å². The maximum Gasteiger partial charge on any atom is 0.327 e. The molecular weight excluding hydrogens is 471 g/mol. The molecule has 0 aromatic carbocycles. The fraction of sp³-hybridized carbons (Fsp3) is 0.833. The smallest absolute Gasteiger partial charge is 0.327 e. The Morgan fingerprint density at radius 1 is 1.10 bits per heavy atom. The molecule has 2 aliphatic heterocycles. The van der Waals surface area contributed by atoms with E-state index in [1.165, 1.54) is 27.9 Å². The highest BCUT2D eigenvalue weighted by atomic mass is 32.5. The molecule has 0 N–H and O–H groups in total. The molecule has 178 valence electrons. The van der Waals surface area contributed by atoms with Crippen LogP contribution in [0.5, 0.6) is 0 Å². The number of rotatable bonds is 7. The summed E-state index contributed by atoms with van der Waals surface area (Å²) in [7, 11) is 1.40.